The van der Waals surface area contributed by atoms with E-state index < -0.39 is 0 Å². The number of aliphatic imine (C=N–C) groups is 1. The van der Waals surface area contributed by atoms with Gasteiger partial charge in [-0.25, -0.2) is 0 Å². The zero-order chi connectivity index (χ0) is 13.1. The monoisotopic (exact) mass is 271 g/mol. The zero-order valence-electron chi connectivity index (χ0n) is 10.2. The number of amidine groups is 1. The molecule has 0 unspecified atom stereocenters. The average molecular weight is 271 g/mol. The Morgan fingerprint density at radius 1 is 1.26 bits per heavy atom. The van der Waals surface area contributed by atoms with Crippen LogP contribution < -0.4 is 10.6 Å². The maximum Gasteiger partial charge on any atom is 0.265 e. The molecular formula is C14H13N3OS. The summed E-state index contributed by atoms with van der Waals surface area (Å²) in [6, 6.07) is 11.4. The molecule has 0 spiro atoms. The highest BCUT2D eigenvalue weighted by atomic mass is 32.1. The summed E-state index contributed by atoms with van der Waals surface area (Å²) < 4.78 is 0. The van der Waals surface area contributed by atoms with Crippen LogP contribution in [0.5, 0.6) is 0 Å². The van der Waals surface area contributed by atoms with Crippen LogP contribution in [0.25, 0.3) is 0 Å². The maximum atomic E-state index is 12.1. The SMILES string of the molecule is O=C(Nc1ccccc1C1=NCCN1)c1cccs1. The molecule has 0 aliphatic carbocycles. The number of carbonyl (C=O) groups excluding carboxylic acids is 1. The van der Waals surface area contributed by atoms with E-state index in [4.69, 9.17) is 0 Å². The van der Waals surface area contributed by atoms with Crippen LogP contribution in [0.15, 0.2) is 46.8 Å². The summed E-state index contributed by atoms with van der Waals surface area (Å²) in [5, 5.41) is 8.06. The highest BCUT2D eigenvalue weighted by Gasteiger charge is 2.14. The lowest BCUT2D eigenvalue weighted by atomic mass is 10.1. The number of carbonyl (C=O) groups is 1. The molecule has 0 saturated carbocycles. The van der Waals surface area contributed by atoms with Crippen LogP contribution in [0, 0.1) is 0 Å². The fourth-order valence-corrected chi connectivity index (χ4v) is 2.59. The predicted octanol–water partition coefficient (Wildman–Crippen LogP) is 2.35. The van der Waals surface area contributed by atoms with Crippen molar-refractivity contribution in [2.75, 3.05) is 18.4 Å². The topological polar surface area (TPSA) is 53.5 Å². The van der Waals surface area contributed by atoms with E-state index in [1.807, 2.05) is 41.8 Å². The number of nitrogens with zero attached hydrogens (tertiary/aromatic N) is 1. The Balaban J connectivity index is 1.87. The normalized spacial score (nSPS) is 13.8. The van der Waals surface area contributed by atoms with Crippen molar-refractivity contribution in [3.63, 3.8) is 0 Å². The number of para-hydroxylation sites is 1. The molecule has 1 aromatic heterocycles. The molecule has 2 heterocycles. The van der Waals surface area contributed by atoms with E-state index >= 15 is 0 Å². The molecule has 0 bridgehead atoms. The molecule has 1 aliphatic rings. The number of benzene rings is 1. The first-order valence-electron chi connectivity index (χ1n) is 6.07. The Morgan fingerprint density at radius 3 is 2.89 bits per heavy atom. The number of anilines is 1. The lowest BCUT2D eigenvalue weighted by Gasteiger charge is -2.10. The molecule has 2 N–H and O–H groups in total. The molecule has 1 aliphatic heterocycles. The highest BCUT2D eigenvalue weighted by molar-refractivity contribution is 7.12. The van der Waals surface area contributed by atoms with Gasteiger partial charge in [-0.05, 0) is 23.6 Å². The van der Waals surface area contributed by atoms with Gasteiger partial charge in [-0.2, -0.15) is 0 Å². The van der Waals surface area contributed by atoms with Gasteiger partial charge < -0.3 is 10.6 Å². The Hall–Kier alpha value is -2.14. The molecule has 0 atom stereocenters. The minimum Gasteiger partial charge on any atom is -0.368 e. The van der Waals surface area contributed by atoms with Gasteiger partial charge in [0.25, 0.3) is 5.91 Å². The second-order valence-electron chi connectivity index (χ2n) is 4.13. The molecule has 2 aromatic rings. The van der Waals surface area contributed by atoms with Crippen molar-refractivity contribution in [3.05, 3.63) is 52.2 Å². The minimum atomic E-state index is -0.0824. The van der Waals surface area contributed by atoms with Crippen LogP contribution in [0.1, 0.15) is 15.2 Å². The Morgan fingerprint density at radius 2 is 2.16 bits per heavy atom. The largest absolute Gasteiger partial charge is 0.368 e. The first-order valence-corrected chi connectivity index (χ1v) is 6.95. The van der Waals surface area contributed by atoms with Crippen molar-refractivity contribution in [1.29, 1.82) is 0 Å². The van der Waals surface area contributed by atoms with Gasteiger partial charge in [0.1, 0.15) is 5.84 Å². The molecule has 96 valence electrons. The molecule has 19 heavy (non-hydrogen) atoms. The number of thiophene rings is 1. The second kappa shape index (κ2) is 5.24. The number of hydrogen-bond acceptors (Lipinski definition) is 4. The Labute approximate surface area is 115 Å². The molecule has 0 radical (unpaired) electrons. The van der Waals surface area contributed by atoms with E-state index in [1.54, 1.807) is 0 Å². The van der Waals surface area contributed by atoms with E-state index in [1.165, 1.54) is 11.3 Å². The Kier molecular flexibility index (Phi) is 3.29. The molecule has 1 aromatic carbocycles. The summed E-state index contributed by atoms with van der Waals surface area (Å²) in [4.78, 5) is 17.2. The lowest BCUT2D eigenvalue weighted by Crippen LogP contribution is -2.22. The zero-order valence-corrected chi connectivity index (χ0v) is 11.0. The summed E-state index contributed by atoms with van der Waals surface area (Å²) in [5.74, 6) is 0.767. The number of nitrogens with one attached hydrogen (secondary N) is 2. The quantitative estimate of drug-likeness (QED) is 0.900. The van der Waals surface area contributed by atoms with E-state index in [9.17, 15) is 4.79 Å². The van der Waals surface area contributed by atoms with E-state index in [2.05, 4.69) is 15.6 Å². The number of rotatable bonds is 3. The number of hydrogen-bond donors (Lipinski definition) is 2. The van der Waals surface area contributed by atoms with Gasteiger partial charge in [0.15, 0.2) is 0 Å². The van der Waals surface area contributed by atoms with Crippen molar-refractivity contribution < 1.29 is 4.79 Å². The molecule has 3 rings (SSSR count). The number of amides is 1. The third-order valence-electron chi connectivity index (χ3n) is 2.85. The summed E-state index contributed by atoms with van der Waals surface area (Å²) in [5.41, 5.74) is 1.72. The molecule has 1 amide bonds. The third kappa shape index (κ3) is 2.51. The van der Waals surface area contributed by atoms with Crippen molar-refractivity contribution in [2.45, 2.75) is 0 Å². The molecule has 0 fully saturated rings. The second-order valence-corrected chi connectivity index (χ2v) is 5.08. The minimum absolute atomic E-state index is 0.0824. The fraction of sp³-hybridized carbons (Fsp3) is 0.143. The van der Waals surface area contributed by atoms with Gasteiger partial charge >= 0.3 is 0 Å². The van der Waals surface area contributed by atoms with Gasteiger partial charge in [-0.15, -0.1) is 11.3 Å². The highest BCUT2D eigenvalue weighted by Crippen LogP contribution is 2.19. The van der Waals surface area contributed by atoms with Gasteiger partial charge in [0, 0.05) is 12.1 Å². The van der Waals surface area contributed by atoms with Crippen LogP contribution in [0.4, 0.5) is 5.69 Å². The van der Waals surface area contributed by atoms with E-state index in [0.29, 0.717) is 4.88 Å². The summed E-state index contributed by atoms with van der Waals surface area (Å²) in [6.07, 6.45) is 0. The van der Waals surface area contributed by atoms with Crippen LogP contribution in [-0.2, 0) is 0 Å². The lowest BCUT2D eigenvalue weighted by molar-refractivity contribution is 0.103. The van der Waals surface area contributed by atoms with Gasteiger partial charge in [0.05, 0.1) is 17.1 Å². The van der Waals surface area contributed by atoms with Crippen LogP contribution >= 0.6 is 11.3 Å². The molecule has 0 saturated heterocycles. The summed E-state index contributed by atoms with van der Waals surface area (Å²) in [7, 11) is 0. The fourth-order valence-electron chi connectivity index (χ4n) is 1.97. The summed E-state index contributed by atoms with van der Waals surface area (Å²) in [6.45, 7) is 1.63. The predicted molar refractivity (Wildman–Crippen MR) is 78.1 cm³/mol. The molecular weight excluding hydrogens is 258 g/mol. The van der Waals surface area contributed by atoms with Gasteiger partial charge in [-0.3, -0.25) is 9.79 Å². The van der Waals surface area contributed by atoms with Gasteiger partial charge in [0.2, 0.25) is 0 Å². The summed E-state index contributed by atoms with van der Waals surface area (Å²) >= 11 is 1.43. The maximum absolute atomic E-state index is 12.1. The van der Waals surface area contributed by atoms with Gasteiger partial charge in [-0.1, -0.05) is 18.2 Å². The molecule has 5 heteroatoms. The van der Waals surface area contributed by atoms with Crippen LogP contribution in [0.2, 0.25) is 0 Å². The Bertz CT molecular complexity index is 619. The van der Waals surface area contributed by atoms with Crippen LogP contribution in [-0.4, -0.2) is 24.8 Å². The first-order chi connectivity index (χ1) is 9.34. The van der Waals surface area contributed by atoms with Crippen molar-refractivity contribution in [1.82, 2.24) is 5.32 Å². The van der Waals surface area contributed by atoms with E-state index in [0.717, 1.165) is 30.2 Å². The van der Waals surface area contributed by atoms with E-state index in [-0.39, 0.29) is 5.91 Å². The average Bonchev–Trinajstić information content (AvgIpc) is 3.13. The standard InChI is InChI=1S/C14H13N3OS/c18-14(12-6-3-9-19-12)17-11-5-2-1-4-10(11)13-15-7-8-16-13/h1-6,9H,7-8H2,(H,15,16)(H,17,18). The first kappa shape index (κ1) is 11.9. The molecule has 4 nitrogen and oxygen atoms in total. The smallest absolute Gasteiger partial charge is 0.265 e. The van der Waals surface area contributed by atoms with Crippen molar-refractivity contribution >= 4 is 28.8 Å². The van der Waals surface area contributed by atoms with Crippen LogP contribution in [0.3, 0.4) is 0 Å². The van der Waals surface area contributed by atoms with Crippen molar-refractivity contribution in [3.8, 4) is 0 Å². The van der Waals surface area contributed by atoms with Crippen molar-refractivity contribution in [2.24, 2.45) is 4.99 Å². The third-order valence-corrected chi connectivity index (χ3v) is 3.72.